The molecule has 0 spiro atoms. The second-order valence-electron chi connectivity index (χ2n) is 8.19. The SMILES string of the molecule is Cc1cc(N(CC(=O)N(Cc2cccc(Br)c2)C(C)C(=O)NC(C)C)S(C)(=O)=O)ccc1Br. The summed E-state index contributed by atoms with van der Waals surface area (Å²) in [5.41, 5.74) is 2.03. The zero-order chi connectivity index (χ0) is 24.9. The molecule has 1 N–H and O–H groups in total. The molecule has 1 unspecified atom stereocenters. The molecular formula is C23H29Br2N3O4S. The molecule has 0 heterocycles. The van der Waals surface area contributed by atoms with Gasteiger partial charge in [0.15, 0.2) is 0 Å². The highest BCUT2D eigenvalue weighted by atomic mass is 79.9. The molecule has 0 bridgehead atoms. The Morgan fingerprint density at radius 3 is 2.27 bits per heavy atom. The molecule has 0 aliphatic heterocycles. The zero-order valence-electron chi connectivity index (χ0n) is 19.3. The first kappa shape index (κ1) is 27.3. The number of aryl methyl sites for hydroxylation is 1. The van der Waals surface area contributed by atoms with Gasteiger partial charge >= 0.3 is 0 Å². The van der Waals surface area contributed by atoms with E-state index in [2.05, 4.69) is 37.2 Å². The molecule has 0 saturated carbocycles. The Balaban J connectivity index is 2.41. The average Bonchev–Trinajstić information content (AvgIpc) is 2.70. The Bertz CT molecular complexity index is 1120. The van der Waals surface area contributed by atoms with E-state index < -0.39 is 28.5 Å². The minimum Gasteiger partial charge on any atom is -0.352 e. The van der Waals surface area contributed by atoms with Crippen LogP contribution in [0, 0.1) is 6.92 Å². The highest BCUT2D eigenvalue weighted by Crippen LogP contribution is 2.25. The van der Waals surface area contributed by atoms with Crippen molar-refractivity contribution in [2.24, 2.45) is 0 Å². The largest absolute Gasteiger partial charge is 0.352 e. The molecule has 2 aromatic carbocycles. The molecule has 0 aromatic heterocycles. The van der Waals surface area contributed by atoms with Crippen LogP contribution >= 0.6 is 31.9 Å². The van der Waals surface area contributed by atoms with Gasteiger partial charge in [-0.1, -0.05) is 44.0 Å². The molecule has 0 saturated heterocycles. The average molecular weight is 603 g/mol. The number of benzene rings is 2. The molecule has 2 rings (SSSR count). The van der Waals surface area contributed by atoms with Crippen molar-refractivity contribution in [2.45, 2.75) is 46.3 Å². The van der Waals surface area contributed by atoms with Gasteiger partial charge in [0, 0.05) is 21.5 Å². The molecule has 33 heavy (non-hydrogen) atoms. The Labute approximate surface area is 212 Å². The summed E-state index contributed by atoms with van der Waals surface area (Å²) in [6.07, 6.45) is 1.06. The molecule has 0 aliphatic rings. The first-order valence-electron chi connectivity index (χ1n) is 10.4. The third kappa shape index (κ3) is 7.82. The Morgan fingerprint density at radius 2 is 1.73 bits per heavy atom. The summed E-state index contributed by atoms with van der Waals surface area (Å²) in [6.45, 7) is 6.89. The van der Waals surface area contributed by atoms with Crippen LogP contribution in [-0.4, -0.2) is 50.0 Å². The number of carbonyl (C=O) groups is 2. The first-order chi connectivity index (χ1) is 15.3. The Kier molecular flexibility index (Phi) is 9.51. The van der Waals surface area contributed by atoms with Crippen LogP contribution in [0.1, 0.15) is 31.9 Å². The number of nitrogens with one attached hydrogen (secondary N) is 1. The first-order valence-corrected chi connectivity index (χ1v) is 13.8. The summed E-state index contributed by atoms with van der Waals surface area (Å²) >= 11 is 6.83. The Morgan fingerprint density at radius 1 is 1.06 bits per heavy atom. The number of anilines is 1. The summed E-state index contributed by atoms with van der Waals surface area (Å²) in [5.74, 6) is -0.786. The maximum atomic E-state index is 13.5. The number of amides is 2. The third-order valence-corrected chi connectivity index (χ3v) is 7.47. The lowest BCUT2D eigenvalue weighted by Gasteiger charge is -2.32. The van der Waals surface area contributed by atoms with Crippen molar-refractivity contribution in [3.8, 4) is 0 Å². The molecule has 7 nitrogen and oxygen atoms in total. The topological polar surface area (TPSA) is 86.8 Å². The fourth-order valence-electron chi connectivity index (χ4n) is 3.22. The maximum Gasteiger partial charge on any atom is 0.244 e. The van der Waals surface area contributed by atoms with Gasteiger partial charge in [-0.25, -0.2) is 8.42 Å². The number of halogens is 2. The second-order valence-corrected chi connectivity index (χ2v) is 11.9. The van der Waals surface area contributed by atoms with E-state index in [9.17, 15) is 18.0 Å². The van der Waals surface area contributed by atoms with Crippen molar-refractivity contribution in [3.63, 3.8) is 0 Å². The van der Waals surface area contributed by atoms with Crippen molar-refractivity contribution in [2.75, 3.05) is 17.1 Å². The number of nitrogens with zero attached hydrogens (tertiary/aromatic N) is 2. The summed E-state index contributed by atoms with van der Waals surface area (Å²) < 4.78 is 27.9. The summed E-state index contributed by atoms with van der Waals surface area (Å²) in [7, 11) is -3.76. The van der Waals surface area contributed by atoms with Gasteiger partial charge in [-0.15, -0.1) is 0 Å². The molecule has 2 aromatic rings. The fourth-order valence-corrected chi connectivity index (χ4v) is 4.75. The smallest absolute Gasteiger partial charge is 0.244 e. The Hall–Kier alpha value is -1.91. The van der Waals surface area contributed by atoms with Crippen LogP contribution in [0.3, 0.4) is 0 Å². The minimum absolute atomic E-state index is 0.0963. The van der Waals surface area contributed by atoms with Crippen LogP contribution < -0.4 is 9.62 Å². The summed E-state index contributed by atoms with van der Waals surface area (Å²) in [4.78, 5) is 27.6. The van der Waals surface area contributed by atoms with Crippen molar-refractivity contribution >= 4 is 59.4 Å². The van der Waals surface area contributed by atoms with Crippen LogP contribution in [0.5, 0.6) is 0 Å². The predicted octanol–water partition coefficient (Wildman–Crippen LogP) is 4.23. The number of hydrogen-bond acceptors (Lipinski definition) is 4. The molecule has 180 valence electrons. The number of sulfonamides is 1. The van der Waals surface area contributed by atoms with Crippen LogP contribution in [0.4, 0.5) is 5.69 Å². The third-order valence-electron chi connectivity index (χ3n) is 4.95. The summed E-state index contributed by atoms with van der Waals surface area (Å²) in [5, 5.41) is 2.82. The van der Waals surface area contributed by atoms with Crippen molar-refractivity contribution in [3.05, 3.63) is 62.5 Å². The molecule has 0 fully saturated rings. The molecule has 0 radical (unpaired) electrons. The van der Waals surface area contributed by atoms with E-state index in [1.54, 1.807) is 25.1 Å². The van der Waals surface area contributed by atoms with E-state index in [-0.39, 0.29) is 18.5 Å². The summed E-state index contributed by atoms with van der Waals surface area (Å²) in [6, 6.07) is 11.6. The van der Waals surface area contributed by atoms with E-state index in [0.29, 0.717) is 5.69 Å². The lowest BCUT2D eigenvalue weighted by Crippen LogP contribution is -2.52. The normalized spacial score (nSPS) is 12.4. The number of hydrogen-bond donors (Lipinski definition) is 1. The molecule has 1 atom stereocenters. The van der Waals surface area contributed by atoms with Gasteiger partial charge in [0.25, 0.3) is 0 Å². The van der Waals surface area contributed by atoms with Gasteiger partial charge in [0.2, 0.25) is 21.8 Å². The van der Waals surface area contributed by atoms with Crippen LogP contribution in [0.25, 0.3) is 0 Å². The van der Waals surface area contributed by atoms with Crippen molar-refractivity contribution in [1.82, 2.24) is 10.2 Å². The van der Waals surface area contributed by atoms with Crippen LogP contribution in [-0.2, 0) is 26.2 Å². The standard InChI is InChI=1S/C23H29Br2N3O4S/c1-15(2)26-23(30)17(4)27(13-18-7-6-8-19(24)12-18)22(29)14-28(33(5,31)32)20-9-10-21(25)16(3)11-20/h6-12,15,17H,13-14H2,1-5H3,(H,26,30). The van der Waals surface area contributed by atoms with E-state index in [1.165, 1.54) is 4.90 Å². The molecule has 0 aliphatic carbocycles. The van der Waals surface area contributed by atoms with Gasteiger partial charge in [0.05, 0.1) is 11.9 Å². The van der Waals surface area contributed by atoms with E-state index in [1.807, 2.05) is 45.0 Å². The number of rotatable bonds is 9. The lowest BCUT2D eigenvalue weighted by atomic mass is 10.1. The van der Waals surface area contributed by atoms with Crippen molar-refractivity contribution in [1.29, 1.82) is 0 Å². The van der Waals surface area contributed by atoms with E-state index in [0.717, 1.165) is 30.6 Å². The quantitative estimate of drug-likeness (QED) is 0.465. The van der Waals surface area contributed by atoms with Crippen LogP contribution in [0.15, 0.2) is 51.4 Å². The highest BCUT2D eigenvalue weighted by Gasteiger charge is 2.30. The maximum absolute atomic E-state index is 13.5. The van der Waals surface area contributed by atoms with Crippen LogP contribution in [0.2, 0.25) is 0 Å². The monoisotopic (exact) mass is 601 g/mol. The van der Waals surface area contributed by atoms with Gasteiger partial charge in [-0.2, -0.15) is 0 Å². The predicted molar refractivity (Wildman–Crippen MR) is 139 cm³/mol. The van der Waals surface area contributed by atoms with Crippen molar-refractivity contribution < 1.29 is 18.0 Å². The molecule has 10 heteroatoms. The van der Waals surface area contributed by atoms with Gasteiger partial charge in [-0.05, 0) is 69.2 Å². The lowest BCUT2D eigenvalue weighted by molar-refractivity contribution is -0.139. The van der Waals surface area contributed by atoms with E-state index >= 15 is 0 Å². The van der Waals surface area contributed by atoms with E-state index in [4.69, 9.17) is 0 Å². The molecule has 2 amide bonds. The minimum atomic E-state index is -3.76. The number of carbonyl (C=O) groups excluding carboxylic acids is 2. The second kappa shape index (κ2) is 11.5. The highest BCUT2D eigenvalue weighted by molar-refractivity contribution is 9.10. The van der Waals surface area contributed by atoms with Gasteiger partial charge < -0.3 is 10.2 Å². The molecular weight excluding hydrogens is 574 g/mol. The zero-order valence-corrected chi connectivity index (χ0v) is 23.3. The van der Waals surface area contributed by atoms with Gasteiger partial charge in [0.1, 0.15) is 12.6 Å². The van der Waals surface area contributed by atoms with Gasteiger partial charge in [-0.3, -0.25) is 13.9 Å². The fraction of sp³-hybridized carbons (Fsp3) is 0.391.